The average Bonchev–Trinajstić information content (AvgIpc) is 2.68. The fraction of sp³-hybridized carbons (Fsp3) is 0.737. The van der Waals surface area contributed by atoms with Crippen LogP contribution in [0.3, 0.4) is 0 Å². The summed E-state index contributed by atoms with van der Waals surface area (Å²) in [4.78, 5) is 60.3. The molecule has 0 aromatic rings. The van der Waals surface area contributed by atoms with Crippen LogP contribution in [-0.2, 0) is 24.0 Å². The monoisotopic (exact) mass is 460 g/mol. The van der Waals surface area contributed by atoms with Crippen LogP contribution in [-0.4, -0.2) is 76.6 Å². The Balaban J connectivity index is 5.53. The third-order valence-corrected chi connectivity index (χ3v) is 4.69. The second kappa shape index (κ2) is 14.3. The Morgan fingerprint density at radius 1 is 0.875 bits per heavy atom. The molecule has 0 heterocycles. The Morgan fingerprint density at radius 3 is 1.84 bits per heavy atom. The van der Waals surface area contributed by atoms with Crippen molar-refractivity contribution in [3.8, 4) is 0 Å². The average molecular weight is 461 g/mol. The minimum atomic E-state index is -1.60. The van der Waals surface area contributed by atoms with E-state index in [0.717, 1.165) is 0 Å². The van der Waals surface area contributed by atoms with Crippen LogP contribution in [0.1, 0.15) is 46.5 Å². The molecule has 0 fully saturated rings. The first-order valence-corrected chi connectivity index (χ1v) is 10.4. The highest BCUT2D eigenvalue weighted by Gasteiger charge is 2.32. The number of unbranched alkanes of at least 4 members (excludes halogenated alkanes) is 1. The first kappa shape index (κ1) is 29.2. The molecule has 0 saturated heterocycles. The highest BCUT2D eigenvalue weighted by molar-refractivity contribution is 5.96. The predicted molar refractivity (Wildman–Crippen MR) is 115 cm³/mol. The molecular formula is C19H36N6O7. The van der Waals surface area contributed by atoms with Crippen LogP contribution in [0.15, 0.2) is 0 Å². The van der Waals surface area contributed by atoms with E-state index in [1.54, 1.807) is 13.8 Å². The molecule has 13 nitrogen and oxygen atoms in total. The number of rotatable bonds is 15. The van der Waals surface area contributed by atoms with Crippen molar-refractivity contribution >= 4 is 29.6 Å². The second-order valence-corrected chi connectivity index (χ2v) is 7.91. The molecule has 0 spiro atoms. The normalized spacial score (nSPS) is 15.7. The van der Waals surface area contributed by atoms with Crippen molar-refractivity contribution in [1.29, 1.82) is 0 Å². The molecule has 13 heteroatoms. The van der Waals surface area contributed by atoms with Crippen molar-refractivity contribution in [2.45, 2.75) is 76.7 Å². The maximum atomic E-state index is 12.8. The molecule has 184 valence electrons. The van der Waals surface area contributed by atoms with Crippen molar-refractivity contribution in [1.82, 2.24) is 16.0 Å². The van der Waals surface area contributed by atoms with E-state index in [0.29, 0.717) is 19.4 Å². The summed E-state index contributed by atoms with van der Waals surface area (Å²) in [7, 11) is 0. The number of carboxylic acids is 1. The number of carboxylic acid groups (broad SMARTS) is 1. The molecule has 32 heavy (non-hydrogen) atoms. The van der Waals surface area contributed by atoms with E-state index in [-0.39, 0.29) is 12.3 Å². The molecule has 5 atom stereocenters. The van der Waals surface area contributed by atoms with Crippen LogP contribution < -0.4 is 33.2 Å². The highest BCUT2D eigenvalue weighted by atomic mass is 16.4. The molecule has 0 rings (SSSR count). The Hall–Kier alpha value is -2.77. The van der Waals surface area contributed by atoms with E-state index in [9.17, 15) is 29.1 Å². The Labute approximate surface area is 186 Å². The van der Waals surface area contributed by atoms with Gasteiger partial charge in [-0.1, -0.05) is 13.8 Å². The van der Waals surface area contributed by atoms with E-state index in [1.807, 2.05) is 0 Å². The predicted octanol–water partition coefficient (Wildman–Crippen LogP) is -3.11. The molecule has 0 aliphatic rings. The highest BCUT2D eigenvalue weighted by Crippen LogP contribution is 2.06. The van der Waals surface area contributed by atoms with E-state index < -0.39 is 66.3 Å². The number of amides is 4. The lowest BCUT2D eigenvalue weighted by atomic mass is 10.0. The standard InChI is InChI=1S/C19H36N6O7/c1-9(2)14(22)18(30)24-12(8-13(21)27)17(29)23-11(6-4-5-7-20)16(28)25-15(10(3)26)19(31)32/h9-12,14-15,26H,4-8,20,22H2,1-3H3,(H2,21,27)(H,23,29)(H,24,30)(H,25,28)(H,31,32). The minimum Gasteiger partial charge on any atom is -0.480 e. The molecule has 0 aliphatic heterocycles. The molecule has 5 unspecified atom stereocenters. The van der Waals surface area contributed by atoms with Gasteiger partial charge in [0.2, 0.25) is 23.6 Å². The zero-order valence-corrected chi connectivity index (χ0v) is 18.7. The summed E-state index contributed by atoms with van der Waals surface area (Å²) in [6.45, 7) is 4.93. The molecule has 11 N–H and O–H groups in total. The number of carbonyl (C=O) groups is 5. The maximum absolute atomic E-state index is 12.8. The first-order chi connectivity index (χ1) is 14.8. The summed E-state index contributed by atoms with van der Waals surface area (Å²) in [6, 6.07) is -5.13. The number of hydrogen-bond acceptors (Lipinski definition) is 8. The Morgan fingerprint density at radius 2 is 1.41 bits per heavy atom. The molecule has 0 radical (unpaired) electrons. The lowest BCUT2D eigenvalue weighted by molar-refractivity contribution is -0.145. The zero-order chi connectivity index (χ0) is 25.0. The Bertz CT molecular complexity index is 671. The van der Waals surface area contributed by atoms with Crippen LogP contribution in [0.25, 0.3) is 0 Å². The van der Waals surface area contributed by atoms with Gasteiger partial charge in [-0.15, -0.1) is 0 Å². The molecule has 0 saturated carbocycles. The summed E-state index contributed by atoms with van der Waals surface area (Å²) < 4.78 is 0. The van der Waals surface area contributed by atoms with Crippen molar-refractivity contribution < 1.29 is 34.2 Å². The SMILES string of the molecule is CC(C)C(N)C(=O)NC(CC(N)=O)C(=O)NC(CCCCN)C(=O)NC(C(=O)O)C(C)O. The van der Waals surface area contributed by atoms with Crippen LogP contribution in [0.4, 0.5) is 0 Å². The van der Waals surface area contributed by atoms with Crippen LogP contribution in [0.5, 0.6) is 0 Å². The number of aliphatic hydroxyl groups excluding tert-OH is 1. The number of nitrogens with two attached hydrogens (primary N) is 3. The molecular weight excluding hydrogens is 424 g/mol. The van der Waals surface area contributed by atoms with Gasteiger partial charge in [0.05, 0.1) is 18.6 Å². The quantitative estimate of drug-likeness (QED) is 0.115. The molecule has 0 aromatic heterocycles. The minimum absolute atomic E-state index is 0.101. The second-order valence-electron chi connectivity index (χ2n) is 7.91. The fourth-order valence-corrected chi connectivity index (χ4v) is 2.66. The topological polar surface area (TPSA) is 240 Å². The van der Waals surface area contributed by atoms with Crippen molar-refractivity contribution in [2.75, 3.05) is 6.54 Å². The lowest BCUT2D eigenvalue weighted by Gasteiger charge is -2.26. The maximum Gasteiger partial charge on any atom is 0.328 e. The Kier molecular flexibility index (Phi) is 13.1. The summed E-state index contributed by atoms with van der Waals surface area (Å²) in [6.07, 6.45) is -0.874. The molecule has 0 aliphatic carbocycles. The first-order valence-electron chi connectivity index (χ1n) is 10.4. The van der Waals surface area contributed by atoms with Gasteiger partial charge in [0.1, 0.15) is 12.1 Å². The number of carbonyl (C=O) groups excluding carboxylic acids is 4. The number of aliphatic hydroxyl groups is 1. The largest absolute Gasteiger partial charge is 0.480 e. The molecule has 4 amide bonds. The molecule has 0 bridgehead atoms. The van der Waals surface area contributed by atoms with Gasteiger partial charge in [0.15, 0.2) is 6.04 Å². The van der Waals surface area contributed by atoms with Gasteiger partial charge in [0.25, 0.3) is 0 Å². The molecule has 0 aromatic carbocycles. The van der Waals surface area contributed by atoms with Gasteiger partial charge >= 0.3 is 5.97 Å². The van der Waals surface area contributed by atoms with Crippen LogP contribution in [0.2, 0.25) is 0 Å². The lowest BCUT2D eigenvalue weighted by Crippen LogP contribution is -2.59. The van der Waals surface area contributed by atoms with Gasteiger partial charge in [-0.3, -0.25) is 19.2 Å². The van der Waals surface area contributed by atoms with Gasteiger partial charge < -0.3 is 43.4 Å². The van der Waals surface area contributed by atoms with E-state index in [4.69, 9.17) is 22.3 Å². The van der Waals surface area contributed by atoms with Crippen LogP contribution >= 0.6 is 0 Å². The third-order valence-electron chi connectivity index (χ3n) is 4.69. The van der Waals surface area contributed by atoms with Gasteiger partial charge in [-0.25, -0.2) is 4.79 Å². The smallest absolute Gasteiger partial charge is 0.328 e. The summed E-state index contributed by atoms with van der Waals surface area (Å²) in [5.41, 5.74) is 16.4. The number of nitrogens with one attached hydrogen (secondary N) is 3. The van der Waals surface area contributed by atoms with Crippen LogP contribution in [0, 0.1) is 5.92 Å². The summed E-state index contributed by atoms with van der Waals surface area (Å²) in [5.74, 6) is -4.97. The summed E-state index contributed by atoms with van der Waals surface area (Å²) in [5, 5.41) is 25.7. The number of aliphatic carboxylic acids is 1. The third kappa shape index (κ3) is 10.5. The fourth-order valence-electron chi connectivity index (χ4n) is 2.66. The van der Waals surface area contributed by atoms with Gasteiger partial charge in [0, 0.05) is 0 Å². The van der Waals surface area contributed by atoms with E-state index in [1.165, 1.54) is 6.92 Å². The van der Waals surface area contributed by atoms with E-state index in [2.05, 4.69) is 16.0 Å². The van der Waals surface area contributed by atoms with Crippen molar-refractivity contribution in [3.63, 3.8) is 0 Å². The summed E-state index contributed by atoms with van der Waals surface area (Å²) >= 11 is 0. The number of primary amides is 1. The van der Waals surface area contributed by atoms with Crippen molar-refractivity contribution in [3.05, 3.63) is 0 Å². The van der Waals surface area contributed by atoms with Crippen molar-refractivity contribution in [2.24, 2.45) is 23.1 Å². The number of hydrogen-bond donors (Lipinski definition) is 8. The van der Waals surface area contributed by atoms with E-state index >= 15 is 0 Å². The zero-order valence-electron chi connectivity index (χ0n) is 18.7. The van der Waals surface area contributed by atoms with Gasteiger partial charge in [-0.2, -0.15) is 0 Å². The van der Waals surface area contributed by atoms with Gasteiger partial charge in [-0.05, 0) is 38.6 Å².